The Balaban J connectivity index is 0.00000243. The molecule has 3 rings (SSSR count). The van der Waals surface area contributed by atoms with Gasteiger partial charge in [0.1, 0.15) is 18.3 Å². The van der Waals surface area contributed by atoms with E-state index in [1.165, 1.54) is 5.56 Å². The first-order valence-corrected chi connectivity index (χ1v) is 8.47. The molecule has 0 fully saturated rings. The maximum Gasteiger partial charge on any atom is 0.169 e. The molecule has 0 amide bonds. The third-order valence-electron chi connectivity index (χ3n) is 4.30. The molecule has 1 unspecified atom stereocenters. The second kappa shape index (κ2) is 9.76. The predicted molar refractivity (Wildman–Crippen MR) is 98.3 cm³/mol. The van der Waals surface area contributed by atoms with Gasteiger partial charge in [-0.05, 0) is 24.3 Å². The van der Waals surface area contributed by atoms with E-state index < -0.39 is 0 Å². The molecule has 0 aromatic heterocycles. The number of aromatic hydroxyl groups is 1. The zero-order valence-electron chi connectivity index (χ0n) is 14.4. The second-order valence-corrected chi connectivity index (χ2v) is 6.12. The van der Waals surface area contributed by atoms with Crippen LogP contribution in [-0.2, 0) is 6.54 Å². The molecule has 0 aliphatic carbocycles. The molecule has 134 valence electrons. The Bertz CT molecular complexity index is 805. The van der Waals surface area contributed by atoms with Crippen LogP contribution >= 0.6 is 0 Å². The normalized spacial score (nSPS) is 11.4. The van der Waals surface area contributed by atoms with Crippen molar-refractivity contribution in [1.29, 1.82) is 0 Å². The lowest BCUT2D eigenvalue weighted by molar-refractivity contribution is -0.710. The van der Waals surface area contributed by atoms with Crippen LogP contribution in [0.3, 0.4) is 0 Å². The number of ketones is 1. The minimum atomic E-state index is 0. The maximum atomic E-state index is 12.6. The van der Waals surface area contributed by atoms with Crippen LogP contribution in [0.2, 0.25) is 0 Å². The van der Waals surface area contributed by atoms with Crippen molar-refractivity contribution in [3.8, 4) is 5.75 Å². The Morgan fingerprint density at radius 3 is 2.04 bits per heavy atom. The SMILES string of the molecule is O=C(CC([NH2+]Cc1ccccc1)c1ccccc1)c1ccc(O)cc1.[Cl-]. The highest BCUT2D eigenvalue weighted by atomic mass is 35.5. The summed E-state index contributed by atoms with van der Waals surface area (Å²) in [4.78, 5) is 12.6. The number of Topliss-reactive ketones (excluding diaryl/α,β-unsaturated/α-hetero) is 1. The topological polar surface area (TPSA) is 53.9 Å². The van der Waals surface area contributed by atoms with E-state index in [-0.39, 0.29) is 30.0 Å². The van der Waals surface area contributed by atoms with E-state index >= 15 is 0 Å². The summed E-state index contributed by atoms with van der Waals surface area (Å²) < 4.78 is 0. The highest BCUT2D eigenvalue weighted by molar-refractivity contribution is 5.96. The lowest BCUT2D eigenvalue weighted by Crippen LogP contribution is -3.00. The van der Waals surface area contributed by atoms with Crippen molar-refractivity contribution < 1.29 is 27.6 Å². The number of hydrogen-bond donors (Lipinski definition) is 2. The van der Waals surface area contributed by atoms with Crippen LogP contribution < -0.4 is 17.7 Å². The summed E-state index contributed by atoms with van der Waals surface area (Å²) in [7, 11) is 0. The van der Waals surface area contributed by atoms with Gasteiger partial charge in [0, 0.05) is 16.7 Å². The van der Waals surface area contributed by atoms with E-state index in [1.54, 1.807) is 24.3 Å². The summed E-state index contributed by atoms with van der Waals surface area (Å²) in [5, 5.41) is 11.6. The van der Waals surface area contributed by atoms with Crippen molar-refractivity contribution in [1.82, 2.24) is 0 Å². The number of phenolic OH excluding ortho intramolecular Hbond substituents is 1. The van der Waals surface area contributed by atoms with Gasteiger partial charge in [0.25, 0.3) is 0 Å². The summed E-state index contributed by atoms with van der Waals surface area (Å²) >= 11 is 0. The van der Waals surface area contributed by atoms with E-state index in [0.717, 1.165) is 12.1 Å². The fraction of sp³-hybridized carbons (Fsp3) is 0.136. The summed E-state index contributed by atoms with van der Waals surface area (Å²) in [5.41, 5.74) is 3.01. The van der Waals surface area contributed by atoms with E-state index in [4.69, 9.17) is 0 Å². The van der Waals surface area contributed by atoms with Gasteiger partial charge < -0.3 is 22.8 Å². The Kier molecular flexibility index (Phi) is 7.39. The number of halogens is 1. The molecule has 3 aromatic carbocycles. The van der Waals surface area contributed by atoms with Gasteiger partial charge >= 0.3 is 0 Å². The third kappa shape index (κ3) is 5.45. The molecule has 0 heterocycles. The van der Waals surface area contributed by atoms with Crippen molar-refractivity contribution in [2.45, 2.75) is 19.0 Å². The van der Waals surface area contributed by atoms with Crippen LogP contribution in [0.4, 0.5) is 0 Å². The van der Waals surface area contributed by atoms with Gasteiger partial charge in [-0.3, -0.25) is 4.79 Å². The minimum Gasteiger partial charge on any atom is -1.00 e. The van der Waals surface area contributed by atoms with Crippen LogP contribution in [-0.4, -0.2) is 10.9 Å². The van der Waals surface area contributed by atoms with Gasteiger partial charge in [0.2, 0.25) is 0 Å². The van der Waals surface area contributed by atoms with Crippen molar-refractivity contribution in [3.63, 3.8) is 0 Å². The second-order valence-electron chi connectivity index (χ2n) is 6.12. The first-order valence-electron chi connectivity index (χ1n) is 8.47. The molecule has 0 saturated carbocycles. The molecule has 4 heteroatoms. The van der Waals surface area contributed by atoms with E-state index in [2.05, 4.69) is 29.6 Å². The highest BCUT2D eigenvalue weighted by Gasteiger charge is 2.20. The zero-order valence-corrected chi connectivity index (χ0v) is 15.1. The largest absolute Gasteiger partial charge is 1.00 e. The number of carbonyl (C=O) groups excluding carboxylic acids is 1. The Labute approximate surface area is 160 Å². The molecule has 0 saturated heterocycles. The van der Waals surface area contributed by atoms with Crippen LogP contribution in [0.1, 0.15) is 33.9 Å². The van der Waals surface area contributed by atoms with Gasteiger partial charge in [0.05, 0.1) is 6.42 Å². The number of benzene rings is 3. The van der Waals surface area contributed by atoms with E-state index in [9.17, 15) is 9.90 Å². The molecular formula is C22H22ClNO2. The van der Waals surface area contributed by atoms with Crippen molar-refractivity contribution in [3.05, 3.63) is 102 Å². The number of phenols is 1. The molecule has 3 nitrogen and oxygen atoms in total. The molecule has 0 radical (unpaired) electrons. The van der Waals surface area contributed by atoms with Crippen LogP contribution in [0.15, 0.2) is 84.9 Å². The number of nitrogens with two attached hydrogens (primary N) is 1. The summed E-state index contributed by atoms with van der Waals surface area (Å²) in [6.07, 6.45) is 0.418. The summed E-state index contributed by atoms with van der Waals surface area (Å²) in [6, 6.07) is 26.9. The number of hydrogen-bond acceptors (Lipinski definition) is 2. The Morgan fingerprint density at radius 1 is 0.846 bits per heavy atom. The van der Waals surface area contributed by atoms with Crippen molar-refractivity contribution in [2.24, 2.45) is 0 Å². The average Bonchev–Trinajstić information content (AvgIpc) is 2.67. The molecule has 3 N–H and O–H groups in total. The molecule has 26 heavy (non-hydrogen) atoms. The van der Waals surface area contributed by atoms with Gasteiger partial charge in [-0.2, -0.15) is 0 Å². The van der Waals surface area contributed by atoms with Crippen molar-refractivity contribution >= 4 is 5.78 Å². The minimum absolute atomic E-state index is 0. The maximum absolute atomic E-state index is 12.6. The lowest BCUT2D eigenvalue weighted by Gasteiger charge is -2.16. The van der Waals surface area contributed by atoms with Crippen LogP contribution in [0.5, 0.6) is 5.75 Å². The van der Waals surface area contributed by atoms with E-state index in [1.807, 2.05) is 36.4 Å². The van der Waals surface area contributed by atoms with Gasteiger partial charge in [-0.25, -0.2) is 0 Å². The summed E-state index contributed by atoms with van der Waals surface area (Å²) in [5.74, 6) is 0.255. The quantitative estimate of drug-likeness (QED) is 0.597. The third-order valence-corrected chi connectivity index (χ3v) is 4.30. The Morgan fingerprint density at radius 2 is 1.42 bits per heavy atom. The van der Waals surface area contributed by atoms with Crippen LogP contribution in [0.25, 0.3) is 0 Å². The number of carbonyl (C=O) groups is 1. The molecular weight excluding hydrogens is 346 g/mol. The molecule has 1 atom stereocenters. The standard InChI is InChI=1S/C22H21NO2.ClH/c24-20-13-11-19(12-14-20)22(25)15-21(18-9-5-2-6-10-18)23-16-17-7-3-1-4-8-17;/h1-14,21,23-24H,15-16H2;1H. The number of rotatable bonds is 7. The first kappa shape index (κ1) is 19.7. The smallest absolute Gasteiger partial charge is 0.169 e. The molecule has 0 aliphatic heterocycles. The van der Waals surface area contributed by atoms with Crippen molar-refractivity contribution in [2.75, 3.05) is 0 Å². The lowest BCUT2D eigenvalue weighted by atomic mass is 9.97. The van der Waals surface area contributed by atoms with Gasteiger partial charge in [0.15, 0.2) is 5.78 Å². The molecule has 0 spiro atoms. The van der Waals surface area contributed by atoms with Gasteiger partial charge in [-0.1, -0.05) is 60.7 Å². The highest BCUT2D eigenvalue weighted by Crippen LogP contribution is 2.18. The van der Waals surface area contributed by atoms with E-state index in [0.29, 0.717) is 12.0 Å². The monoisotopic (exact) mass is 367 g/mol. The first-order chi connectivity index (χ1) is 12.2. The average molecular weight is 368 g/mol. The number of quaternary nitrogens is 1. The molecule has 0 aliphatic rings. The zero-order chi connectivity index (χ0) is 17.5. The predicted octanol–water partition coefficient (Wildman–Crippen LogP) is 0.474. The molecule has 3 aromatic rings. The summed E-state index contributed by atoms with van der Waals surface area (Å²) in [6.45, 7) is 0.823. The molecule has 0 bridgehead atoms. The van der Waals surface area contributed by atoms with Crippen LogP contribution in [0, 0.1) is 0 Å². The fourth-order valence-electron chi connectivity index (χ4n) is 2.89. The Hall–Kier alpha value is -2.62. The fourth-order valence-corrected chi connectivity index (χ4v) is 2.89. The van der Waals surface area contributed by atoms with Gasteiger partial charge in [-0.15, -0.1) is 0 Å².